The second-order valence-corrected chi connectivity index (χ2v) is 4.53. The second-order valence-electron chi connectivity index (χ2n) is 4.09. The molecule has 1 amide bonds. The average Bonchev–Trinajstić information content (AvgIpc) is 3.10. The van der Waals surface area contributed by atoms with Crippen LogP contribution in [0.25, 0.3) is 0 Å². The van der Waals surface area contributed by atoms with Gasteiger partial charge in [0.25, 0.3) is 5.91 Å². The van der Waals surface area contributed by atoms with Crippen LogP contribution in [0.4, 0.5) is 5.69 Å². The molecule has 86 valence electrons. The fourth-order valence-corrected chi connectivity index (χ4v) is 1.74. The van der Waals surface area contributed by atoms with Crippen molar-refractivity contribution in [3.8, 4) is 0 Å². The Morgan fingerprint density at radius 3 is 2.88 bits per heavy atom. The summed E-state index contributed by atoms with van der Waals surface area (Å²) in [7, 11) is 1.62. The van der Waals surface area contributed by atoms with E-state index in [0.717, 1.165) is 18.2 Å². The molecule has 0 saturated heterocycles. The number of anilines is 1. The SMILES string of the molecule is CNC(=O)c1cc(Cl)ccc1NCC1CC1. The van der Waals surface area contributed by atoms with Crippen molar-refractivity contribution in [2.45, 2.75) is 12.8 Å². The van der Waals surface area contributed by atoms with Gasteiger partial charge in [-0.05, 0) is 37.0 Å². The van der Waals surface area contributed by atoms with E-state index in [-0.39, 0.29) is 5.91 Å². The van der Waals surface area contributed by atoms with Gasteiger partial charge in [0.05, 0.1) is 5.56 Å². The lowest BCUT2D eigenvalue weighted by atomic mass is 10.1. The van der Waals surface area contributed by atoms with Crippen molar-refractivity contribution in [2.24, 2.45) is 5.92 Å². The Morgan fingerprint density at radius 1 is 1.50 bits per heavy atom. The summed E-state index contributed by atoms with van der Waals surface area (Å²) in [5, 5.41) is 6.49. The van der Waals surface area contributed by atoms with Crippen molar-refractivity contribution in [1.82, 2.24) is 5.32 Å². The number of benzene rings is 1. The first kappa shape index (κ1) is 11.3. The van der Waals surface area contributed by atoms with Crippen molar-refractivity contribution < 1.29 is 4.79 Å². The number of nitrogens with one attached hydrogen (secondary N) is 2. The maximum Gasteiger partial charge on any atom is 0.253 e. The topological polar surface area (TPSA) is 41.1 Å². The third-order valence-electron chi connectivity index (χ3n) is 2.73. The minimum absolute atomic E-state index is 0.110. The molecule has 0 atom stereocenters. The molecule has 16 heavy (non-hydrogen) atoms. The van der Waals surface area contributed by atoms with Gasteiger partial charge in [-0.15, -0.1) is 0 Å². The zero-order valence-electron chi connectivity index (χ0n) is 9.22. The Balaban J connectivity index is 2.16. The van der Waals surface area contributed by atoms with Crippen LogP contribution in [0.15, 0.2) is 18.2 Å². The summed E-state index contributed by atoms with van der Waals surface area (Å²) in [6.45, 7) is 0.936. The van der Waals surface area contributed by atoms with E-state index in [1.165, 1.54) is 12.8 Å². The minimum atomic E-state index is -0.110. The third kappa shape index (κ3) is 2.67. The van der Waals surface area contributed by atoms with E-state index >= 15 is 0 Å². The Bertz CT molecular complexity index is 402. The van der Waals surface area contributed by atoms with Crippen LogP contribution in [0, 0.1) is 5.92 Å². The molecule has 0 bridgehead atoms. The standard InChI is InChI=1S/C12H15ClN2O/c1-14-12(16)10-6-9(13)4-5-11(10)15-7-8-2-3-8/h4-6,8,15H,2-3,7H2,1H3,(H,14,16). The van der Waals surface area contributed by atoms with Crippen LogP contribution >= 0.6 is 11.6 Å². The first-order chi connectivity index (χ1) is 7.70. The number of carbonyl (C=O) groups is 1. The molecule has 1 fully saturated rings. The molecule has 0 radical (unpaired) electrons. The summed E-state index contributed by atoms with van der Waals surface area (Å²) >= 11 is 5.89. The summed E-state index contributed by atoms with van der Waals surface area (Å²) in [5.74, 6) is 0.661. The maximum absolute atomic E-state index is 11.6. The maximum atomic E-state index is 11.6. The van der Waals surface area contributed by atoms with Crippen molar-refractivity contribution in [2.75, 3.05) is 18.9 Å². The van der Waals surface area contributed by atoms with Crippen LogP contribution in [0.5, 0.6) is 0 Å². The molecule has 0 aromatic heterocycles. The molecule has 1 aromatic rings. The van der Waals surface area contributed by atoms with Gasteiger partial charge < -0.3 is 10.6 Å². The van der Waals surface area contributed by atoms with Crippen molar-refractivity contribution >= 4 is 23.2 Å². The molecule has 2 N–H and O–H groups in total. The van der Waals surface area contributed by atoms with Gasteiger partial charge in [-0.1, -0.05) is 11.6 Å². The molecule has 4 heteroatoms. The predicted molar refractivity (Wildman–Crippen MR) is 66.1 cm³/mol. The van der Waals surface area contributed by atoms with E-state index in [1.54, 1.807) is 19.2 Å². The molecule has 0 heterocycles. The molecule has 0 unspecified atom stereocenters. The van der Waals surface area contributed by atoms with E-state index in [2.05, 4.69) is 10.6 Å². The normalized spacial score (nSPS) is 14.6. The van der Waals surface area contributed by atoms with Crippen LogP contribution < -0.4 is 10.6 Å². The Labute approximate surface area is 100 Å². The Morgan fingerprint density at radius 2 is 2.25 bits per heavy atom. The summed E-state index contributed by atoms with van der Waals surface area (Å²) in [4.78, 5) is 11.6. The number of rotatable bonds is 4. The molecule has 3 nitrogen and oxygen atoms in total. The van der Waals surface area contributed by atoms with E-state index < -0.39 is 0 Å². The van der Waals surface area contributed by atoms with Gasteiger partial charge in [-0.2, -0.15) is 0 Å². The van der Waals surface area contributed by atoms with E-state index in [4.69, 9.17) is 11.6 Å². The smallest absolute Gasteiger partial charge is 0.253 e. The monoisotopic (exact) mass is 238 g/mol. The molecular weight excluding hydrogens is 224 g/mol. The fourth-order valence-electron chi connectivity index (χ4n) is 1.57. The largest absolute Gasteiger partial charge is 0.384 e. The zero-order valence-corrected chi connectivity index (χ0v) is 9.97. The minimum Gasteiger partial charge on any atom is -0.384 e. The highest BCUT2D eigenvalue weighted by Gasteiger charge is 2.21. The van der Waals surface area contributed by atoms with Gasteiger partial charge in [0.2, 0.25) is 0 Å². The van der Waals surface area contributed by atoms with Gasteiger partial charge in [0.1, 0.15) is 0 Å². The van der Waals surface area contributed by atoms with E-state index in [0.29, 0.717) is 10.6 Å². The zero-order chi connectivity index (χ0) is 11.5. The van der Waals surface area contributed by atoms with Crippen molar-refractivity contribution in [1.29, 1.82) is 0 Å². The number of amides is 1. The highest BCUT2D eigenvalue weighted by molar-refractivity contribution is 6.31. The van der Waals surface area contributed by atoms with Gasteiger partial charge in [0.15, 0.2) is 0 Å². The molecule has 1 aliphatic rings. The summed E-state index contributed by atoms with van der Waals surface area (Å²) in [5.41, 5.74) is 1.46. The number of hydrogen-bond acceptors (Lipinski definition) is 2. The van der Waals surface area contributed by atoms with Gasteiger partial charge >= 0.3 is 0 Å². The summed E-state index contributed by atoms with van der Waals surface area (Å²) < 4.78 is 0. The van der Waals surface area contributed by atoms with Crippen molar-refractivity contribution in [3.63, 3.8) is 0 Å². The van der Waals surface area contributed by atoms with Gasteiger partial charge in [-0.3, -0.25) is 4.79 Å². The lowest BCUT2D eigenvalue weighted by Gasteiger charge is -2.11. The average molecular weight is 239 g/mol. The molecule has 0 spiro atoms. The third-order valence-corrected chi connectivity index (χ3v) is 2.97. The number of carbonyl (C=O) groups excluding carboxylic acids is 1. The van der Waals surface area contributed by atoms with E-state index in [9.17, 15) is 4.79 Å². The second kappa shape index (κ2) is 4.74. The Hall–Kier alpha value is -1.22. The quantitative estimate of drug-likeness (QED) is 0.847. The molecule has 2 rings (SSSR count). The van der Waals surface area contributed by atoms with Crippen LogP contribution in [-0.4, -0.2) is 19.5 Å². The number of hydrogen-bond donors (Lipinski definition) is 2. The first-order valence-corrected chi connectivity index (χ1v) is 5.84. The van der Waals surface area contributed by atoms with Crippen molar-refractivity contribution in [3.05, 3.63) is 28.8 Å². The molecular formula is C12H15ClN2O. The predicted octanol–water partition coefficient (Wildman–Crippen LogP) is 2.52. The highest BCUT2D eigenvalue weighted by Crippen LogP contribution is 2.30. The van der Waals surface area contributed by atoms with Gasteiger partial charge in [-0.25, -0.2) is 0 Å². The van der Waals surface area contributed by atoms with Crippen LogP contribution in [0.2, 0.25) is 5.02 Å². The molecule has 1 aromatic carbocycles. The molecule has 1 saturated carbocycles. The summed E-state index contributed by atoms with van der Waals surface area (Å²) in [6.07, 6.45) is 2.58. The number of halogens is 1. The molecule has 0 aliphatic heterocycles. The Kier molecular flexibility index (Phi) is 3.34. The lowest BCUT2D eigenvalue weighted by molar-refractivity contribution is 0.0964. The van der Waals surface area contributed by atoms with Crippen LogP contribution in [-0.2, 0) is 0 Å². The van der Waals surface area contributed by atoms with Crippen LogP contribution in [0.3, 0.4) is 0 Å². The highest BCUT2D eigenvalue weighted by atomic mass is 35.5. The first-order valence-electron chi connectivity index (χ1n) is 5.46. The fraction of sp³-hybridized carbons (Fsp3) is 0.417. The van der Waals surface area contributed by atoms with Gasteiger partial charge in [0, 0.05) is 24.3 Å². The van der Waals surface area contributed by atoms with Crippen LogP contribution in [0.1, 0.15) is 23.2 Å². The lowest BCUT2D eigenvalue weighted by Crippen LogP contribution is -2.20. The summed E-state index contributed by atoms with van der Waals surface area (Å²) in [6, 6.07) is 5.34. The molecule has 1 aliphatic carbocycles. The van der Waals surface area contributed by atoms with E-state index in [1.807, 2.05) is 6.07 Å².